The van der Waals surface area contributed by atoms with E-state index in [9.17, 15) is 8.42 Å². The van der Waals surface area contributed by atoms with E-state index in [1.54, 1.807) is 12.1 Å². The van der Waals surface area contributed by atoms with E-state index in [1.807, 2.05) is 12.1 Å². The van der Waals surface area contributed by atoms with Crippen LogP contribution in [0.5, 0.6) is 0 Å². The summed E-state index contributed by atoms with van der Waals surface area (Å²) in [5.74, 6) is 0.814. The Bertz CT molecular complexity index is 467. The third-order valence-corrected chi connectivity index (χ3v) is 4.11. The monoisotopic (exact) mass is 225 g/mol. The quantitative estimate of drug-likeness (QED) is 0.839. The van der Waals surface area contributed by atoms with Gasteiger partial charge >= 0.3 is 0 Å². The molecule has 4 heteroatoms. The second-order valence-electron chi connectivity index (χ2n) is 4.15. The van der Waals surface area contributed by atoms with E-state index in [0.29, 0.717) is 23.3 Å². The Labute approximate surface area is 90.2 Å². The molecule has 2 unspecified atom stereocenters. The van der Waals surface area contributed by atoms with E-state index >= 15 is 0 Å². The first-order chi connectivity index (χ1) is 7.04. The van der Waals surface area contributed by atoms with Crippen molar-refractivity contribution in [3.05, 3.63) is 29.8 Å². The molecule has 2 N–H and O–H groups in total. The molecular formula is C11H15NO2S. The van der Waals surface area contributed by atoms with Gasteiger partial charge in [-0.2, -0.15) is 0 Å². The van der Waals surface area contributed by atoms with Gasteiger partial charge in [-0.05, 0) is 36.4 Å². The highest BCUT2D eigenvalue weighted by Gasteiger charge is 2.39. The van der Waals surface area contributed by atoms with Gasteiger partial charge in [0.1, 0.15) is 0 Å². The van der Waals surface area contributed by atoms with E-state index in [-0.39, 0.29) is 0 Å². The van der Waals surface area contributed by atoms with Gasteiger partial charge in [-0.3, -0.25) is 0 Å². The van der Waals surface area contributed by atoms with Crippen molar-refractivity contribution in [2.75, 3.05) is 12.8 Å². The van der Waals surface area contributed by atoms with Gasteiger partial charge in [-0.25, -0.2) is 8.42 Å². The number of nitrogens with two attached hydrogens (primary N) is 1. The molecule has 0 saturated heterocycles. The molecule has 0 aliphatic heterocycles. The number of benzene rings is 1. The van der Waals surface area contributed by atoms with Crippen molar-refractivity contribution in [2.45, 2.75) is 17.2 Å². The van der Waals surface area contributed by atoms with Crippen LogP contribution in [0.25, 0.3) is 0 Å². The minimum Gasteiger partial charge on any atom is -0.330 e. The van der Waals surface area contributed by atoms with Crippen LogP contribution in [0, 0.1) is 5.92 Å². The van der Waals surface area contributed by atoms with Gasteiger partial charge in [0.15, 0.2) is 9.84 Å². The Balaban J connectivity index is 2.41. The van der Waals surface area contributed by atoms with Crippen LogP contribution in [0.2, 0.25) is 0 Å². The molecule has 1 saturated carbocycles. The van der Waals surface area contributed by atoms with Crippen molar-refractivity contribution in [3.8, 4) is 0 Å². The number of hydrogen-bond acceptors (Lipinski definition) is 3. The molecule has 2 atom stereocenters. The summed E-state index contributed by atoms with van der Waals surface area (Å²) in [7, 11) is -3.11. The summed E-state index contributed by atoms with van der Waals surface area (Å²) in [6.45, 7) is 0.642. The first kappa shape index (κ1) is 10.6. The van der Waals surface area contributed by atoms with Gasteiger partial charge in [0, 0.05) is 6.26 Å². The van der Waals surface area contributed by atoms with Crippen LogP contribution in [0.1, 0.15) is 17.9 Å². The Kier molecular flexibility index (Phi) is 2.56. The summed E-state index contributed by atoms with van der Waals surface area (Å²) in [6, 6.07) is 7.23. The summed E-state index contributed by atoms with van der Waals surface area (Å²) in [4.78, 5) is 0.464. The first-order valence-corrected chi connectivity index (χ1v) is 6.92. The zero-order valence-corrected chi connectivity index (χ0v) is 9.50. The largest absolute Gasteiger partial charge is 0.330 e. The highest BCUT2D eigenvalue weighted by molar-refractivity contribution is 7.90. The van der Waals surface area contributed by atoms with E-state index in [2.05, 4.69) is 0 Å². The van der Waals surface area contributed by atoms with Crippen LogP contribution >= 0.6 is 0 Å². The van der Waals surface area contributed by atoms with Crippen molar-refractivity contribution < 1.29 is 8.42 Å². The fourth-order valence-electron chi connectivity index (χ4n) is 2.01. The highest BCUT2D eigenvalue weighted by Crippen LogP contribution is 2.48. The number of hydrogen-bond donors (Lipinski definition) is 1. The van der Waals surface area contributed by atoms with Crippen LogP contribution in [0.15, 0.2) is 29.2 Å². The fourth-order valence-corrected chi connectivity index (χ4v) is 2.99. The topological polar surface area (TPSA) is 60.2 Å². The SMILES string of the molecule is CS(=O)(=O)c1ccccc1C1CC1CN. The Hall–Kier alpha value is -0.870. The fraction of sp³-hybridized carbons (Fsp3) is 0.455. The summed E-state index contributed by atoms with van der Waals surface area (Å²) in [5, 5.41) is 0. The van der Waals surface area contributed by atoms with Crippen LogP contribution in [0.4, 0.5) is 0 Å². The number of rotatable bonds is 3. The predicted molar refractivity (Wildman–Crippen MR) is 59.5 cm³/mol. The zero-order valence-electron chi connectivity index (χ0n) is 8.68. The second-order valence-corrected chi connectivity index (χ2v) is 6.13. The molecule has 1 aromatic carbocycles. The smallest absolute Gasteiger partial charge is 0.175 e. The minimum atomic E-state index is -3.11. The Morgan fingerprint density at radius 2 is 2.07 bits per heavy atom. The van der Waals surface area contributed by atoms with Crippen molar-refractivity contribution in [1.29, 1.82) is 0 Å². The molecule has 2 rings (SSSR count). The zero-order chi connectivity index (χ0) is 11.1. The molecular weight excluding hydrogens is 210 g/mol. The van der Waals surface area contributed by atoms with Gasteiger partial charge in [0.2, 0.25) is 0 Å². The molecule has 0 spiro atoms. The molecule has 0 heterocycles. The third-order valence-electron chi connectivity index (χ3n) is 2.94. The molecule has 1 aliphatic rings. The van der Waals surface area contributed by atoms with Crippen LogP contribution in [0.3, 0.4) is 0 Å². The van der Waals surface area contributed by atoms with Crippen LogP contribution < -0.4 is 5.73 Å². The van der Waals surface area contributed by atoms with Gasteiger partial charge < -0.3 is 5.73 Å². The van der Waals surface area contributed by atoms with E-state index < -0.39 is 9.84 Å². The first-order valence-electron chi connectivity index (χ1n) is 5.03. The van der Waals surface area contributed by atoms with E-state index in [4.69, 9.17) is 5.73 Å². The molecule has 15 heavy (non-hydrogen) atoms. The lowest BCUT2D eigenvalue weighted by Gasteiger charge is -2.06. The molecule has 82 valence electrons. The Morgan fingerprint density at radius 3 is 2.60 bits per heavy atom. The Morgan fingerprint density at radius 1 is 1.40 bits per heavy atom. The van der Waals surface area contributed by atoms with Crippen LogP contribution in [-0.2, 0) is 9.84 Å². The average molecular weight is 225 g/mol. The lowest BCUT2D eigenvalue weighted by atomic mass is 10.1. The predicted octanol–water partition coefficient (Wildman–Crippen LogP) is 1.15. The molecule has 0 bridgehead atoms. The molecule has 0 radical (unpaired) electrons. The summed E-state index contributed by atoms with van der Waals surface area (Å²) >= 11 is 0. The van der Waals surface area contributed by atoms with Gasteiger partial charge in [0.05, 0.1) is 4.90 Å². The summed E-state index contributed by atoms with van der Waals surface area (Å²) in [6.07, 6.45) is 2.27. The maximum Gasteiger partial charge on any atom is 0.175 e. The lowest BCUT2D eigenvalue weighted by Crippen LogP contribution is -2.05. The minimum absolute atomic E-state index is 0.348. The summed E-state index contributed by atoms with van der Waals surface area (Å²) < 4.78 is 23.1. The molecule has 0 aromatic heterocycles. The molecule has 1 aromatic rings. The van der Waals surface area contributed by atoms with Crippen molar-refractivity contribution in [3.63, 3.8) is 0 Å². The standard InChI is InChI=1S/C11H15NO2S/c1-15(13,14)11-5-3-2-4-9(11)10-6-8(10)7-12/h2-5,8,10H,6-7,12H2,1H3. The summed E-state index contributed by atoms with van der Waals surface area (Å²) in [5.41, 5.74) is 6.51. The van der Waals surface area contributed by atoms with Gasteiger partial charge in [-0.15, -0.1) is 0 Å². The van der Waals surface area contributed by atoms with Crippen molar-refractivity contribution in [1.82, 2.24) is 0 Å². The normalized spacial score (nSPS) is 25.2. The molecule has 1 fully saturated rings. The molecule has 1 aliphatic carbocycles. The van der Waals surface area contributed by atoms with Crippen molar-refractivity contribution in [2.24, 2.45) is 11.7 Å². The van der Waals surface area contributed by atoms with E-state index in [1.165, 1.54) is 6.26 Å². The maximum absolute atomic E-state index is 11.5. The second kappa shape index (κ2) is 3.61. The van der Waals surface area contributed by atoms with Gasteiger partial charge in [-0.1, -0.05) is 18.2 Å². The average Bonchev–Trinajstić information content (AvgIpc) is 2.95. The molecule has 0 amide bonds. The van der Waals surface area contributed by atoms with Gasteiger partial charge in [0.25, 0.3) is 0 Å². The lowest BCUT2D eigenvalue weighted by molar-refractivity contribution is 0.600. The number of sulfone groups is 1. The van der Waals surface area contributed by atoms with Crippen LogP contribution in [-0.4, -0.2) is 21.2 Å². The van der Waals surface area contributed by atoms with Crippen molar-refractivity contribution >= 4 is 9.84 Å². The van der Waals surface area contributed by atoms with E-state index in [0.717, 1.165) is 12.0 Å². The highest BCUT2D eigenvalue weighted by atomic mass is 32.2. The third kappa shape index (κ3) is 2.06. The molecule has 3 nitrogen and oxygen atoms in total. The maximum atomic E-state index is 11.5.